The molecule has 0 radical (unpaired) electrons. The SMILES string of the molecule is CCCCCCCCCCCCCCCCOc1ccc(C(=O)Nc2ccc(OC)c(-c3nn4nc(C(C)(C)C)c(Cl)c4[nH]3)c2)cc1. The van der Waals surface area contributed by atoms with Gasteiger partial charge in [0.25, 0.3) is 5.91 Å². The van der Waals surface area contributed by atoms with Gasteiger partial charge >= 0.3 is 0 Å². The van der Waals surface area contributed by atoms with Gasteiger partial charge in [-0.2, -0.15) is 5.10 Å². The van der Waals surface area contributed by atoms with Gasteiger partial charge in [-0.3, -0.25) is 4.79 Å². The third-order valence-electron chi connectivity index (χ3n) is 8.55. The van der Waals surface area contributed by atoms with E-state index < -0.39 is 0 Å². The largest absolute Gasteiger partial charge is 0.496 e. The summed E-state index contributed by atoms with van der Waals surface area (Å²) < 4.78 is 13.0. The summed E-state index contributed by atoms with van der Waals surface area (Å²) in [5.74, 6) is 1.70. The van der Waals surface area contributed by atoms with Crippen LogP contribution in [0.4, 0.5) is 5.69 Å². The number of halogens is 1. The number of fused-ring (bicyclic) bond motifs is 1. The minimum absolute atomic E-state index is 0.216. The van der Waals surface area contributed by atoms with Crippen molar-refractivity contribution in [2.75, 3.05) is 19.0 Å². The maximum atomic E-state index is 13.1. The molecule has 0 bridgehead atoms. The first-order valence-corrected chi connectivity index (χ1v) is 18.0. The van der Waals surface area contributed by atoms with Gasteiger partial charge in [0.2, 0.25) is 0 Å². The number of aromatic amines is 1. The van der Waals surface area contributed by atoms with Crippen molar-refractivity contribution in [1.29, 1.82) is 0 Å². The van der Waals surface area contributed by atoms with Crippen LogP contribution < -0.4 is 14.8 Å². The fraction of sp³-hybridized carbons (Fsp3) is 0.553. The first kappa shape index (κ1) is 36.3. The van der Waals surface area contributed by atoms with Crippen LogP contribution in [0.5, 0.6) is 11.5 Å². The molecule has 2 aromatic heterocycles. The molecule has 47 heavy (non-hydrogen) atoms. The van der Waals surface area contributed by atoms with Crippen LogP contribution in [0.1, 0.15) is 134 Å². The Morgan fingerprint density at radius 2 is 1.45 bits per heavy atom. The van der Waals surface area contributed by atoms with Crippen LogP contribution in [0.25, 0.3) is 17.0 Å². The van der Waals surface area contributed by atoms with Crippen molar-refractivity contribution in [2.45, 2.75) is 123 Å². The molecule has 8 nitrogen and oxygen atoms in total. The van der Waals surface area contributed by atoms with Gasteiger partial charge in [-0.05, 0) is 48.9 Å². The number of ether oxygens (including phenoxy) is 2. The number of nitrogens with one attached hydrogen (secondary N) is 2. The molecule has 256 valence electrons. The molecule has 1 amide bonds. The zero-order chi connectivity index (χ0) is 33.6. The molecule has 0 saturated heterocycles. The lowest BCUT2D eigenvalue weighted by atomic mass is 9.92. The molecule has 0 spiro atoms. The van der Waals surface area contributed by atoms with E-state index in [1.54, 1.807) is 31.4 Å². The lowest BCUT2D eigenvalue weighted by Gasteiger charge is -2.14. The first-order chi connectivity index (χ1) is 22.7. The molecular weight excluding hydrogens is 610 g/mol. The number of unbranched alkanes of at least 4 members (excludes halogenated alkanes) is 13. The smallest absolute Gasteiger partial charge is 0.255 e. The molecule has 2 N–H and O–H groups in total. The lowest BCUT2D eigenvalue weighted by Crippen LogP contribution is -2.13. The van der Waals surface area contributed by atoms with Crippen LogP contribution in [0.2, 0.25) is 5.02 Å². The van der Waals surface area contributed by atoms with E-state index in [-0.39, 0.29) is 11.3 Å². The Bertz CT molecular complexity index is 1540. The maximum absolute atomic E-state index is 13.1. The van der Waals surface area contributed by atoms with E-state index in [0.29, 0.717) is 45.7 Å². The normalized spacial score (nSPS) is 11.7. The van der Waals surface area contributed by atoms with Crippen LogP contribution in [-0.2, 0) is 5.41 Å². The topological polar surface area (TPSA) is 93.5 Å². The summed E-state index contributed by atoms with van der Waals surface area (Å²) in [7, 11) is 1.60. The van der Waals surface area contributed by atoms with Gasteiger partial charge < -0.3 is 19.8 Å². The zero-order valence-electron chi connectivity index (χ0n) is 29.1. The second-order valence-corrected chi connectivity index (χ2v) is 13.9. The number of methoxy groups -OCH3 is 1. The molecule has 0 atom stereocenters. The second-order valence-electron chi connectivity index (χ2n) is 13.6. The van der Waals surface area contributed by atoms with Gasteiger partial charge in [0.1, 0.15) is 16.5 Å². The zero-order valence-corrected chi connectivity index (χ0v) is 29.8. The van der Waals surface area contributed by atoms with E-state index >= 15 is 0 Å². The molecular formula is C38H54ClN5O3. The molecule has 2 heterocycles. The number of benzene rings is 2. The molecule has 0 aliphatic rings. The minimum Gasteiger partial charge on any atom is -0.496 e. The van der Waals surface area contributed by atoms with E-state index in [9.17, 15) is 4.79 Å². The van der Waals surface area contributed by atoms with Gasteiger partial charge in [-0.1, -0.05) is 123 Å². The molecule has 4 aromatic rings. The first-order valence-electron chi connectivity index (χ1n) is 17.6. The quantitative estimate of drug-likeness (QED) is 0.0918. The van der Waals surface area contributed by atoms with Crippen LogP contribution in [0.3, 0.4) is 0 Å². The highest BCUT2D eigenvalue weighted by atomic mass is 35.5. The number of anilines is 1. The summed E-state index contributed by atoms with van der Waals surface area (Å²) in [6.07, 6.45) is 18.7. The fourth-order valence-electron chi connectivity index (χ4n) is 5.76. The van der Waals surface area contributed by atoms with Gasteiger partial charge in [0.05, 0.1) is 25.0 Å². The van der Waals surface area contributed by atoms with Crippen LogP contribution in [0.15, 0.2) is 42.5 Å². The molecule has 0 aliphatic heterocycles. The van der Waals surface area contributed by atoms with Crippen molar-refractivity contribution in [3.63, 3.8) is 0 Å². The molecule has 4 rings (SSSR count). The maximum Gasteiger partial charge on any atom is 0.255 e. The van der Waals surface area contributed by atoms with Gasteiger partial charge in [-0.25, -0.2) is 0 Å². The van der Waals surface area contributed by atoms with E-state index in [2.05, 4.69) is 48.2 Å². The van der Waals surface area contributed by atoms with E-state index in [1.807, 2.05) is 18.2 Å². The summed E-state index contributed by atoms with van der Waals surface area (Å²) in [5.41, 5.74) is 2.99. The van der Waals surface area contributed by atoms with E-state index in [0.717, 1.165) is 17.9 Å². The number of H-pyrrole nitrogens is 1. The average molecular weight is 664 g/mol. The Balaban J connectivity index is 1.18. The second kappa shape index (κ2) is 18.1. The summed E-state index contributed by atoms with van der Waals surface area (Å²) in [6.45, 7) is 9.13. The molecule has 0 aliphatic carbocycles. The third-order valence-corrected chi connectivity index (χ3v) is 8.91. The third kappa shape index (κ3) is 10.7. The van der Waals surface area contributed by atoms with Crippen LogP contribution in [0, 0.1) is 0 Å². The van der Waals surface area contributed by atoms with Gasteiger partial charge in [0, 0.05) is 16.7 Å². The molecule has 9 heteroatoms. The monoisotopic (exact) mass is 663 g/mol. The minimum atomic E-state index is -0.219. The molecule has 0 saturated carbocycles. The Kier molecular flexibility index (Phi) is 14.0. The van der Waals surface area contributed by atoms with Crippen molar-refractivity contribution in [1.82, 2.24) is 19.8 Å². The Morgan fingerprint density at radius 1 is 0.851 bits per heavy atom. The highest BCUT2D eigenvalue weighted by Crippen LogP contribution is 2.35. The predicted molar refractivity (Wildman–Crippen MR) is 193 cm³/mol. The standard InChI is InChI=1S/C38H54ClN5O3/c1-6-7-8-9-10-11-12-13-14-15-16-17-18-19-26-47-30-23-20-28(21-24-30)37(45)40-29-22-25-32(46-5)31(27-29)35-41-36-33(39)34(38(2,3)4)42-44(36)43-35/h20-25,27H,6-19,26H2,1-5H3,(H,40,45)(H,41,43). The number of aromatic nitrogens is 4. The highest BCUT2D eigenvalue weighted by Gasteiger charge is 2.26. The van der Waals surface area contributed by atoms with Crippen LogP contribution >= 0.6 is 11.6 Å². The summed E-state index contributed by atoms with van der Waals surface area (Å²) in [6, 6.07) is 12.7. The predicted octanol–water partition coefficient (Wildman–Crippen LogP) is 10.8. The fourth-order valence-corrected chi connectivity index (χ4v) is 6.21. The van der Waals surface area contributed by atoms with Crippen molar-refractivity contribution in [3.05, 3.63) is 58.7 Å². The Hall–Kier alpha value is -3.52. The summed E-state index contributed by atoms with van der Waals surface area (Å²) >= 11 is 6.63. The number of rotatable bonds is 20. The number of hydrogen-bond donors (Lipinski definition) is 2. The van der Waals surface area contributed by atoms with Crippen molar-refractivity contribution >= 4 is 28.8 Å². The summed E-state index contributed by atoms with van der Waals surface area (Å²) in [5, 5.41) is 12.7. The van der Waals surface area contributed by atoms with Gasteiger partial charge in [-0.15, -0.1) is 9.73 Å². The van der Waals surface area contributed by atoms with Crippen LogP contribution in [-0.4, -0.2) is 39.4 Å². The Morgan fingerprint density at radius 3 is 2.00 bits per heavy atom. The van der Waals surface area contributed by atoms with Crippen molar-refractivity contribution in [3.8, 4) is 22.9 Å². The number of hydrogen-bond acceptors (Lipinski definition) is 5. The van der Waals surface area contributed by atoms with Crippen molar-refractivity contribution < 1.29 is 14.3 Å². The molecule has 2 aromatic carbocycles. The molecule has 0 fully saturated rings. The Labute approximate surface area is 286 Å². The summed E-state index contributed by atoms with van der Waals surface area (Å²) in [4.78, 5) is 16.3. The number of carbonyl (C=O) groups is 1. The molecule has 0 unspecified atom stereocenters. The number of nitrogens with zero attached hydrogens (tertiary/aromatic N) is 3. The highest BCUT2D eigenvalue weighted by molar-refractivity contribution is 6.34. The number of amides is 1. The van der Waals surface area contributed by atoms with E-state index in [1.165, 1.54) is 88.1 Å². The van der Waals surface area contributed by atoms with Gasteiger partial charge in [0.15, 0.2) is 11.5 Å². The van der Waals surface area contributed by atoms with E-state index in [4.69, 9.17) is 21.1 Å². The van der Waals surface area contributed by atoms with Crippen molar-refractivity contribution in [2.24, 2.45) is 0 Å². The lowest BCUT2D eigenvalue weighted by molar-refractivity contribution is 0.102. The average Bonchev–Trinajstić information content (AvgIpc) is 3.62. The number of carbonyl (C=O) groups excluding carboxylic acids is 1.